The molecule has 2 aliphatic carbocycles. The number of benzene rings is 6. The van der Waals surface area contributed by atoms with Crippen molar-refractivity contribution in [3.05, 3.63) is 172 Å². The summed E-state index contributed by atoms with van der Waals surface area (Å²) < 4.78 is 1.24. The average molecular weight is 982 g/mol. The Balaban J connectivity index is 1.37. The van der Waals surface area contributed by atoms with Gasteiger partial charge in [-0.15, -0.1) is 0 Å². The van der Waals surface area contributed by atoms with E-state index in [-0.39, 0.29) is 7.35 Å². The third-order valence-electron chi connectivity index (χ3n) is 13.7. The van der Waals surface area contributed by atoms with Crippen LogP contribution in [0.2, 0.25) is 0 Å². The Morgan fingerprint density at radius 1 is 0.483 bits per heavy atom. The molecule has 0 N–H and O–H groups in total. The second kappa shape index (κ2) is 16.1. The van der Waals surface area contributed by atoms with Gasteiger partial charge in [0, 0.05) is 0 Å². The molecule has 0 saturated carbocycles. The molecular formula is C54H55Cl2HfSi. The first-order chi connectivity index (χ1) is 28.3. The Kier molecular flexibility index (Phi) is 11.1. The fourth-order valence-corrected chi connectivity index (χ4v) is 50.2. The molecule has 0 nitrogen and oxygen atoms in total. The molecule has 2 atom stereocenters. The van der Waals surface area contributed by atoms with Gasteiger partial charge in [-0.3, -0.25) is 0 Å². The van der Waals surface area contributed by atoms with Crippen LogP contribution < -0.4 is 13.7 Å². The minimum absolute atomic E-state index is 0.0487. The number of fused-ring (bicyclic) bond motifs is 5. The number of aryl methyl sites for hydroxylation is 2. The van der Waals surface area contributed by atoms with Crippen molar-refractivity contribution in [3.63, 3.8) is 0 Å². The van der Waals surface area contributed by atoms with Crippen LogP contribution in [0.5, 0.6) is 0 Å². The molecule has 2 unspecified atom stereocenters. The molecule has 3 aliphatic rings. The van der Waals surface area contributed by atoms with Gasteiger partial charge in [0.2, 0.25) is 0 Å². The molecule has 9 rings (SSSR count). The van der Waals surface area contributed by atoms with Crippen molar-refractivity contribution in [2.45, 2.75) is 86.4 Å². The number of allylic oxidation sites excluding steroid dienone is 2. The first-order valence-electron chi connectivity index (χ1n) is 21.9. The van der Waals surface area contributed by atoms with E-state index in [1.54, 1.807) is 0 Å². The predicted molar refractivity (Wildman–Crippen MR) is 254 cm³/mol. The van der Waals surface area contributed by atoms with Crippen LogP contribution in [0.4, 0.5) is 0 Å². The van der Waals surface area contributed by atoms with Gasteiger partial charge in [-0.05, 0) is 0 Å². The van der Waals surface area contributed by atoms with Gasteiger partial charge >= 0.3 is 360 Å². The summed E-state index contributed by atoms with van der Waals surface area (Å²) >= 11 is -5.78. The van der Waals surface area contributed by atoms with Crippen molar-refractivity contribution in [1.82, 2.24) is 0 Å². The van der Waals surface area contributed by atoms with Crippen molar-refractivity contribution in [1.29, 1.82) is 0 Å². The van der Waals surface area contributed by atoms with Gasteiger partial charge in [-0.2, -0.15) is 0 Å². The summed E-state index contributed by atoms with van der Waals surface area (Å²) in [5, 5.41) is 3.01. The molecule has 0 bridgehead atoms. The van der Waals surface area contributed by atoms with E-state index in [1.165, 1.54) is 91.6 Å². The van der Waals surface area contributed by atoms with Crippen LogP contribution in [0.15, 0.2) is 139 Å². The van der Waals surface area contributed by atoms with E-state index >= 15 is 0 Å². The van der Waals surface area contributed by atoms with E-state index in [2.05, 4.69) is 167 Å². The normalized spacial score (nSPS) is 17.6. The van der Waals surface area contributed by atoms with E-state index in [4.69, 9.17) is 0 Å². The monoisotopic (exact) mass is 981 g/mol. The van der Waals surface area contributed by atoms with E-state index in [1.807, 2.05) is 0 Å². The van der Waals surface area contributed by atoms with Crippen molar-refractivity contribution in [2.24, 2.45) is 0 Å². The van der Waals surface area contributed by atoms with Gasteiger partial charge in [0.15, 0.2) is 0 Å². The standard InChI is InChI=1S/2C21H23.C12H9Si.2ClH.Hf/c2*1-3-5-9-16-14-18-11-8-13-20(21(18)15-16)19-12-7-6-10-17(19)4-2;1-3-7-11-9(5-1)10-6-2-4-8-12(10)13-11;;;/h2*6-8,10-15H,3-5,9H2,1-2H3;1-7H,13H2;2*1H;/q;;;;;+2/p-2. The molecule has 0 amide bonds. The summed E-state index contributed by atoms with van der Waals surface area (Å²) in [6.07, 6.45) is 13.6. The molecule has 0 aromatic heterocycles. The van der Waals surface area contributed by atoms with Crippen LogP contribution in [0.1, 0.15) is 107 Å². The minimum atomic E-state index is -5.78. The molecule has 293 valence electrons. The Morgan fingerprint density at radius 2 is 0.931 bits per heavy atom. The SMILES string of the molecule is CCCCC1=Cc2c(-c3ccccc3CC)cccc2[CH]1[Hf]([Cl])([Cl])([c]1cccc2c1[SiH2]c1ccccc1-2)[CH]1C(CCCC)=Cc2c(-c3ccccc3CC)cccc21. The van der Waals surface area contributed by atoms with E-state index in [9.17, 15) is 17.2 Å². The van der Waals surface area contributed by atoms with Crippen molar-refractivity contribution in [2.75, 3.05) is 0 Å². The van der Waals surface area contributed by atoms with E-state index in [0.717, 1.165) is 51.4 Å². The number of unbranched alkanes of at least 4 members (excludes halogenated alkanes) is 2. The summed E-state index contributed by atoms with van der Waals surface area (Å²) in [7, 11) is 18.0. The molecule has 0 radical (unpaired) electrons. The van der Waals surface area contributed by atoms with Crippen LogP contribution in [-0.4, -0.2) is 9.52 Å². The molecule has 0 spiro atoms. The van der Waals surface area contributed by atoms with Crippen LogP contribution >= 0.6 is 17.2 Å². The number of hydrogen-bond donors (Lipinski definition) is 0. The zero-order valence-corrected chi connectivity index (χ0v) is 41.1. The molecule has 0 saturated heterocycles. The molecule has 0 fully saturated rings. The Hall–Kier alpha value is -3.53. The van der Waals surface area contributed by atoms with Crippen molar-refractivity contribution >= 4 is 52.5 Å². The molecule has 1 aliphatic heterocycles. The maximum atomic E-state index is 9.40. The van der Waals surface area contributed by atoms with E-state index in [0.29, 0.717) is 0 Å². The molecule has 58 heavy (non-hydrogen) atoms. The third kappa shape index (κ3) is 6.39. The Bertz CT molecular complexity index is 2480. The Morgan fingerprint density at radius 3 is 1.45 bits per heavy atom. The molecular weight excluding hydrogens is 926 g/mol. The first kappa shape index (κ1) is 39.9. The van der Waals surface area contributed by atoms with Gasteiger partial charge in [0.25, 0.3) is 0 Å². The third-order valence-corrected chi connectivity index (χ3v) is 45.5. The first-order valence-corrected chi connectivity index (χ1v) is 38.2. The summed E-state index contributed by atoms with van der Waals surface area (Å²) in [6.45, 7) is 9.18. The number of halogens is 2. The van der Waals surface area contributed by atoms with Crippen LogP contribution in [0.25, 0.3) is 45.5 Å². The average Bonchev–Trinajstić information content (AvgIpc) is 3.97. The summed E-state index contributed by atoms with van der Waals surface area (Å²) in [4.78, 5) is 0. The second-order valence-electron chi connectivity index (χ2n) is 17.0. The number of rotatable bonds is 13. The summed E-state index contributed by atoms with van der Waals surface area (Å²) in [6, 6.07) is 48.2. The zero-order valence-electron chi connectivity index (χ0n) is 34.6. The van der Waals surface area contributed by atoms with Crippen LogP contribution in [0, 0.1) is 0 Å². The quantitative estimate of drug-likeness (QED) is 0.101. The summed E-state index contributed by atoms with van der Waals surface area (Å²) in [5.74, 6) is 0. The number of hydrogen-bond acceptors (Lipinski definition) is 0. The zero-order chi connectivity index (χ0) is 40.0. The van der Waals surface area contributed by atoms with Crippen LogP contribution in [0.3, 0.4) is 0 Å². The van der Waals surface area contributed by atoms with Gasteiger partial charge in [-0.1, -0.05) is 0 Å². The van der Waals surface area contributed by atoms with Gasteiger partial charge in [-0.25, -0.2) is 0 Å². The molecule has 6 aromatic rings. The fourth-order valence-electron chi connectivity index (χ4n) is 11.1. The predicted octanol–water partition coefficient (Wildman–Crippen LogP) is 13.5. The Labute approximate surface area is 357 Å². The molecule has 1 heterocycles. The van der Waals surface area contributed by atoms with Gasteiger partial charge < -0.3 is 0 Å². The van der Waals surface area contributed by atoms with Crippen molar-refractivity contribution in [3.8, 4) is 33.4 Å². The maximum absolute atomic E-state index is 9.40. The molecule has 6 aromatic carbocycles. The summed E-state index contributed by atoms with van der Waals surface area (Å²) in [5.41, 5.74) is 19.0. The van der Waals surface area contributed by atoms with Gasteiger partial charge in [0.1, 0.15) is 0 Å². The van der Waals surface area contributed by atoms with E-state index < -0.39 is 25.7 Å². The topological polar surface area (TPSA) is 0 Å². The molecule has 4 heteroatoms. The second-order valence-corrected chi connectivity index (χ2v) is 48.1. The van der Waals surface area contributed by atoms with Crippen LogP contribution in [-0.2, 0) is 29.0 Å². The van der Waals surface area contributed by atoms with Gasteiger partial charge in [0.05, 0.1) is 0 Å². The fraction of sp³-hybridized carbons (Fsp3) is 0.259. The van der Waals surface area contributed by atoms with Crippen molar-refractivity contribution < 1.29 is 16.1 Å².